The van der Waals surface area contributed by atoms with Crippen LogP contribution in [0, 0.1) is 0 Å². The second-order valence-corrected chi connectivity index (χ2v) is 25.3. The fraction of sp³-hybridized carbons (Fsp3) is 0.805. The zero-order chi connectivity index (χ0) is 62.1. The van der Waals surface area contributed by atoms with Gasteiger partial charge in [0, 0.05) is 6.42 Å². The Morgan fingerprint density at radius 1 is 0.407 bits per heavy atom. The summed E-state index contributed by atoms with van der Waals surface area (Å²) in [5.41, 5.74) is 0. The highest BCUT2D eigenvalue weighted by Gasteiger charge is 2.44. The number of ether oxygens (including phenoxy) is 2. The van der Waals surface area contributed by atoms with Crippen molar-refractivity contribution in [1.29, 1.82) is 0 Å². The zero-order valence-electron chi connectivity index (χ0n) is 56.1. The minimum absolute atomic E-state index is 0.182. The van der Waals surface area contributed by atoms with Crippen LogP contribution in [0.4, 0.5) is 0 Å². The van der Waals surface area contributed by atoms with Crippen molar-refractivity contribution in [2.75, 3.05) is 13.2 Å². The Morgan fingerprint density at radius 2 is 0.733 bits per heavy atom. The maximum Gasteiger partial charge on any atom is 0.220 e. The maximum absolute atomic E-state index is 13.1. The fourth-order valence-corrected chi connectivity index (χ4v) is 11.5. The van der Waals surface area contributed by atoms with E-state index in [9.17, 15) is 30.3 Å². The van der Waals surface area contributed by atoms with Gasteiger partial charge in [-0.25, -0.2) is 0 Å². The molecule has 0 aliphatic carbocycles. The molecule has 1 amide bonds. The Labute approximate surface area is 531 Å². The summed E-state index contributed by atoms with van der Waals surface area (Å²) in [6.45, 7) is 3.69. The van der Waals surface area contributed by atoms with E-state index in [1.807, 2.05) is 6.08 Å². The lowest BCUT2D eigenvalue weighted by molar-refractivity contribution is -0.302. The predicted octanol–water partition coefficient (Wildman–Crippen LogP) is 20.5. The normalized spacial score (nSPS) is 18.5. The fourth-order valence-electron chi connectivity index (χ4n) is 11.5. The minimum atomic E-state index is -1.57. The molecule has 0 aromatic carbocycles. The van der Waals surface area contributed by atoms with Crippen LogP contribution in [0.15, 0.2) is 85.1 Å². The van der Waals surface area contributed by atoms with E-state index in [1.165, 1.54) is 250 Å². The first-order chi connectivity index (χ1) is 42.3. The molecule has 9 heteroatoms. The molecule has 1 heterocycles. The van der Waals surface area contributed by atoms with Gasteiger partial charge >= 0.3 is 0 Å². The molecule has 0 aromatic heterocycles. The lowest BCUT2D eigenvalue weighted by atomic mass is 9.99. The molecule has 1 aliphatic heterocycles. The Hall–Kier alpha value is -2.63. The summed E-state index contributed by atoms with van der Waals surface area (Å²) in [6.07, 6.45) is 87.1. The van der Waals surface area contributed by atoms with Gasteiger partial charge < -0.3 is 40.3 Å². The molecular weight excluding hydrogens is 1070 g/mol. The highest BCUT2D eigenvalue weighted by atomic mass is 16.7. The average Bonchev–Trinajstić information content (AvgIpc) is 2.44. The van der Waals surface area contributed by atoms with E-state index in [0.717, 1.165) is 70.6 Å². The molecule has 9 nitrogen and oxygen atoms in total. The van der Waals surface area contributed by atoms with Crippen molar-refractivity contribution in [3.63, 3.8) is 0 Å². The maximum atomic E-state index is 13.1. The second kappa shape index (κ2) is 65.3. The topological polar surface area (TPSA) is 149 Å². The number of unbranched alkanes of at least 4 members (excludes halogenated alkanes) is 42. The average molecular weight is 1210 g/mol. The summed E-state index contributed by atoms with van der Waals surface area (Å²) in [4.78, 5) is 13.1. The SMILES string of the molecule is CC/C=C\C/C=C\C/C=C\C/C=C\C/C=C\CCCCCCCCCCCCCCCCCCCCCCCC(=O)NC(COC1OC(CO)C(O)C(O)C1O)C(O)/C=C/CC/C=C/CCCCCCCCCCCCCCCCCCCCCC. The molecule has 6 N–H and O–H groups in total. The summed E-state index contributed by atoms with van der Waals surface area (Å²) in [5.74, 6) is -0.182. The van der Waals surface area contributed by atoms with E-state index in [1.54, 1.807) is 6.08 Å². The number of hydrogen-bond acceptors (Lipinski definition) is 8. The van der Waals surface area contributed by atoms with E-state index in [0.29, 0.717) is 6.42 Å². The molecule has 0 radical (unpaired) electrons. The van der Waals surface area contributed by atoms with Gasteiger partial charge in [-0.3, -0.25) is 4.79 Å². The van der Waals surface area contributed by atoms with Gasteiger partial charge in [-0.2, -0.15) is 0 Å². The van der Waals surface area contributed by atoms with Gasteiger partial charge in [0.2, 0.25) is 5.91 Å². The van der Waals surface area contributed by atoms with Crippen LogP contribution in [0.2, 0.25) is 0 Å². The number of carbonyl (C=O) groups excluding carboxylic acids is 1. The Balaban J connectivity index is 2.11. The molecule has 0 spiro atoms. The van der Waals surface area contributed by atoms with Gasteiger partial charge in [-0.1, -0.05) is 343 Å². The van der Waals surface area contributed by atoms with Crippen LogP contribution >= 0.6 is 0 Å². The molecular formula is C77H139NO8. The second-order valence-electron chi connectivity index (χ2n) is 25.3. The Bertz CT molecular complexity index is 1640. The molecule has 7 unspecified atom stereocenters. The van der Waals surface area contributed by atoms with Crippen LogP contribution in [-0.2, 0) is 14.3 Å². The number of hydrogen-bond donors (Lipinski definition) is 6. The third-order valence-electron chi connectivity index (χ3n) is 17.2. The third kappa shape index (κ3) is 53.2. The molecule has 0 aromatic rings. The predicted molar refractivity (Wildman–Crippen MR) is 368 cm³/mol. The number of allylic oxidation sites excluding steroid dienone is 13. The van der Waals surface area contributed by atoms with Crippen molar-refractivity contribution in [3.05, 3.63) is 85.1 Å². The van der Waals surface area contributed by atoms with Crippen LogP contribution in [-0.4, -0.2) is 87.5 Å². The molecule has 86 heavy (non-hydrogen) atoms. The smallest absolute Gasteiger partial charge is 0.220 e. The summed E-state index contributed by atoms with van der Waals surface area (Å²) in [6, 6.07) is -0.825. The summed E-state index contributed by atoms with van der Waals surface area (Å²) in [7, 11) is 0. The van der Waals surface area contributed by atoms with Crippen LogP contribution in [0.25, 0.3) is 0 Å². The summed E-state index contributed by atoms with van der Waals surface area (Å²) < 4.78 is 11.3. The van der Waals surface area contributed by atoms with Crippen molar-refractivity contribution in [2.24, 2.45) is 0 Å². The Kier molecular flexibility index (Phi) is 61.8. The lowest BCUT2D eigenvalue weighted by Crippen LogP contribution is -2.60. The number of nitrogens with one attached hydrogen (secondary N) is 1. The van der Waals surface area contributed by atoms with Crippen LogP contribution in [0.5, 0.6) is 0 Å². The van der Waals surface area contributed by atoms with Gasteiger partial charge in [0.1, 0.15) is 24.4 Å². The molecule has 7 atom stereocenters. The largest absolute Gasteiger partial charge is 0.394 e. The molecule has 0 bridgehead atoms. The van der Waals surface area contributed by atoms with E-state index < -0.39 is 49.5 Å². The number of rotatable bonds is 64. The summed E-state index contributed by atoms with van der Waals surface area (Å²) >= 11 is 0. The van der Waals surface area contributed by atoms with E-state index >= 15 is 0 Å². The molecule has 1 aliphatic rings. The summed E-state index contributed by atoms with van der Waals surface area (Å²) in [5, 5.41) is 54.8. The number of aliphatic hydroxyl groups is 5. The quantitative estimate of drug-likeness (QED) is 0.0261. The van der Waals surface area contributed by atoms with Gasteiger partial charge in [0.05, 0.1) is 25.4 Å². The molecule has 500 valence electrons. The van der Waals surface area contributed by atoms with Crippen LogP contribution < -0.4 is 5.32 Å². The first kappa shape index (κ1) is 81.4. The lowest BCUT2D eigenvalue weighted by Gasteiger charge is -2.40. The third-order valence-corrected chi connectivity index (χ3v) is 17.2. The van der Waals surface area contributed by atoms with Gasteiger partial charge in [-0.05, 0) is 77.0 Å². The highest BCUT2D eigenvalue weighted by Crippen LogP contribution is 2.23. The zero-order valence-corrected chi connectivity index (χ0v) is 56.1. The standard InChI is InChI=1S/C77H139NO8/c1-3-5-7-9-11-13-15-17-19-21-23-25-27-29-31-32-33-34-35-36-37-38-39-40-41-43-45-47-49-51-53-55-57-59-61-63-65-67-73(81)78-70(69-85-77-76(84)75(83)74(82)72(68-79)86-77)71(80)66-64-62-60-58-56-54-52-50-48-46-44-42-30-28-26-24-22-20-18-16-14-12-10-8-6-4-2/h5,7,11,13,17,19,23,25,29,31,56,58,64,66,70-72,74-77,79-80,82-84H,3-4,6,8-10,12,14-16,18,20-22,24,26-28,30,32-55,57,59-63,65,67-69H2,1-2H3,(H,78,81)/b7-5-,13-11-,19-17-,25-23-,31-29-,58-56+,66-64+. The first-order valence-electron chi connectivity index (χ1n) is 36.8. The van der Waals surface area contributed by atoms with Crippen molar-refractivity contribution in [3.8, 4) is 0 Å². The number of carbonyl (C=O) groups is 1. The Morgan fingerprint density at radius 3 is 1.12 bits per heavy atom. The number of aliphatic hydroxyl groups excluding tert-OH is 5. The van der Waals surface area contributed by atoms with Gasteiger partial charge in [-0.15, -0.1) is 0 Å². The minimum Gasteiger partial charge on any atom is -0.394 e. The monoisotopic (exact) mass is 1210 g/mol. The molecule has 1 rings (SSSR count). The van der Waals surface area contributed by atoms with Gasteiger partial charge in [0.25, 0.3) is 0 Å². The highest BCUT2D eigenvalue weighted by molar-refractivity contribution is 5.76. The van der Waals surface area contributed by atoms with E-state index in [4.69, 9.17) is 9.47 Å². The van der Waals surface area contributed by atoms with Crippen LogP contribution in [0.1, 0.15) is 341 Å². The molecule has 1 saturated heterocycles. The van der Waals surface area contributed by atoms with E-state index in [-0.39, 0.29) is 12.5 Å². The number of amides is 1. The van der Waals surface area contributed by atoms with Crippen LogP contribution in [0.3, 0.4) is 0 Å². The van der Waals surface area contributed by atoms with Crippen molar-refractivity contribution in [1.82, 2.24) is 5.32 Å². The first-order valence-corrected chi connectivity index (χ1v) is 36.8. The van der Waals surface area contributed by atoms with Gasteiger partial charge in [0.15, 0.2) is 6.29 Å². The van der Waals surface area contributed by atoms with E-state index in [2.05, 4.69) is 92.1 Å². The molecule has 0 saturated carbocycles. The van der Waals surface area contributed by atoms with Crippen molar-refractivity contribution >= 4 is 5.91 Å². The van der Waals surface area contributed by atoms with Crippen molar-refractivity contribution < 1.29 is 39.8 Å². The van der Waals surface area contributed by atoms with Crippen molar-refractivity contribution in [2.45, 2.75) is 384 Å². The molecule has 1 fully saturated rings.